The first-order chi connectivity index (χ1) is 11.7. The molecular weight excluding hydrogens is 310 g/mol. The second kappa shape index (κ2) is 7.07. The summed E-state index contributed by atoms with van der Waals surface area (Å²) in [5, 5.41) is 19.6. The van der Waals surface area contributed by atoms with Crippen LogP contribution in [-0.4, -0.2) is 45.2 Å². The fourth-order valence-electron chi connectivity index (χ4n) is 2.25. The maximum Gasteiger partial charge on any atom is 0.319 e. The molecule has 1 aliphatic rings. The van der Waals surface area contributed by atoms with E-state index in [4.69, 9.17) is 0 Å². The molecule has 1 heterocycles. The Balaban J connectivity index is 1.57. The van der Waals surface area contributed by atoms with Crippen molar-refractivity contribution < 1.29 is 9.59 Å². The van der Waals surface area contributed by atoms with Crippen molar-refractivity contribution in [3.05, 3.63) is 24.3 Å². The van der Waals surface area contributed by atoms with Crippen molar-refractivity contribution in [1.29, 1.82) is 0 Å². The summed E-state index contributed by atoms with van der Waals surface area (Å²) in [5.41, 5.74) is 1.51. The Morgan fingerprint density at radius 3 is 2.62 bits per heavy atom. The molecule has 0 spiro atoms. The molecular formula is C15H19N7O2. The van der Waals surface area contributed by atoms with E-state index in [0.29, 0.717) is 18.3 Å². The van der Waals surface area contributed by atoms with Crippen molar-refractivity contribution in [3.8, 4) is 11.4 Å². The van der Waals surface area contributed by atoms with E-state index in [1.54, 1.807) is 12.1 Å². The Labute approximate surface area is 138 Å². The smallest absolute Gasteiger partial charge is 0.319 e. The number of hydrogen-bond acceptors (Lipinski definition) is 5. The summed E-state index contributed by atoms with van der Waals surface area (Å²) in [7, 11) is 0. The van der Waals surface area contributed by atoms with Crippen LogP contribution in [0.3, 0.4) is 0 Å². The maximum absolute atomic E-state index is 11.7. The van der Waals surface area contributed by atoms with Gasteiger partial charge in [-0.25, -0.2) is 9.48 Å². The third kappa shape index (κ3) is 3.86. The SMILES string of the molecule is CCNC(=O)CNC(=O)Nc1ccc(-c2nnnn2C2CC2)cc1. The first-order valence-corrected chi connectivity index (χ1v) is 7.87. The fourth-order valence-corrected chi connectivity index (χ4v) is 2.25. The van der Waals surface area contributed by atoms with Crippen LogP contribution in [0.5, 0.6) is 0 Å². The van der Waals surface area contributed by atoms with Gasteiger partial charge < -0.3 is 16.0 Å². The van der Waals surface area contributed by atoms with Crippen LogP contribution in [0, 0.1) is 0 Å². The molecule has 0 aliphatic heterocycles. The van der Waals surface area contributed by atoms with Gasteiger partial charge in [0.2, 0.25) is 5.91 Å². The Bertz CT molecular complexity index is 722. The van der Waals surface area contributed by atoms with Gasteiger partial charge in [0.15, 0.2) is 5.82 Å². The average Bonchev–Trinajstić information content (AvgIpc) is 3.31. The minimum atomic E-state index is -0.434. The molecule has 3 rings (SSSR count). The van der Waals surface area contributed by atoms with Crippen LogP contribution in [0.2, 0.25) is 0 Å². The van der Waals surface area contributed by atoms with Gasteiger partial charge in [-0.2, -0.15) is 0 Å². The summed E-state index contributed by atoms with van der Waals surface area (Å²) < 4.78 is 1.83. The van der Waals surface area contributed by atoms with Crippen molar-refractivity contribution in [2.75, 3.05) is 18.4 Å². The molecule has 3 N–H and O–H groups in total. The molecule has 1 aliphatic carbocycles. The largest absolute Gasteiger partial charge is 0.355 e. The molecule has 0 atom stereocenters. The van der Waals surface area contributed by atoms with Gasteiger partial charge in [0.1, 0.15) is 0 Å². The number of tetrazole rings is 1. The number of rotatable bonds is 6. The molecule has 0 saturated heterocycles. The van der Waals surface area contributed by atoms with Gasteiger partial charge in [0.05, 0.1) is 12.6 Å². The van der Waals surface area contributed by atoms with Crippen LogP contribution < -0.4 is 16.0 Å². The van der Waals surface area contributed by atoms with Crippen molar-refractivity contribution in [2.45, 2.75) is 25.8 Å². The first-order valence-electron chi connectivity index (χ1n) is 7.87. The van der Waals surface area contributed by atoms with Crippen LogP contribution in [0.4, 0.5) is 10.5 Å². The molecule has 3 amide bonds. The van der Waals surface area contributed by atoms with Gasteiger partial charge in [-0.3, -0.25) is 4.79 Å². The number of aromatic nitrogens is 4. The zero-order valence-corrected chi connectivity index (χ0v) is 13.3. The highest BCUT2D eigenvalue weighted by Crippen LogP contribution is 2.36. The van der Waals surface area contributed by atoms with Gasteiger partial charge in [-0.15, -0.1) is 5.10 Å². The Morgan fingerprint density at radius 1 is 1.21 bits per heavy atom. The van der Waals surface area contributed by atoms with Gasteiger partial charge in [-0.05, 0) is 54.5 Å². The minimum absolute atomic E-state index is 0.0616. The molecule has 126 valence electrons. The van der Waals surface area contributed by atoms with Gasteiger partial charge in [-0.1, -0.05) is 0 Å². The minimum Gasteiger partial charge on any atom is -0.355 e. The summed E-state index contributed by atoms with van der Waals surface area (Å²) in [6.45, 7) is 2.29. The van der Waals surface area contributed by atoms with Crippen molar-refractivity contribution in [2.24, 2.45) is 0 Å². The Morgan fingerprint density at radius 2 is 1.96 bits per heavy atom. The predicted octanol–water partition coefficient (Wildman–Crippen LogP) is 0.933. The molecule has 9 heteroatoms. The van der Waals surface area contributed by atoms with Crippen molar-refractivity contribution >= 4 is 17.6 Å². The number of nitrogens with zero attached hydrogens (tertiary/aromatic N) is 4. The summed E-state index contributed by atoms with van der Waals surface area (Å²) in [6, 6.07) is 7.21. The van der Waals surface area contributed by atoms with E-state index in [9.17, 15) is 9.59 Å². The third-order valence-corrected chi connectivity index (χ3v) is 3.57. The summed E-state index contributed by atoms with van der Waals surface area (Å²) in [5.74, 6) is 0.500. The van der Waals surface area contributed by atoms with Crippen LogP contribution in [0.1, 0.15) is 25.8 Å². The highest BCUT2D eigenvalue weighted by atomic mass is 16.2. The molecule has 1 aromatic carbocycles. The molecule has 1 fully saturated rings. The second-order valence-electron chi connectivity index (χ2n) is 5.52. The van der Waals surface area contributed by atoms with Gasteiger partial charge in [0.25, 0.3) is 0 Å². The summed E-state index contributed by atoms with van der Waals surface area (Å²) in [4.78, 5) is 23.0. The van der Waals surface area contributed by atoms with E-state index >= 15 is 0 Å². The van der Waals surface area contributed by atoms with E-state index in [-0.39, 0.29) is 12.5 Å². The number of urea groups is 1. The number of nitrogens with one attached hydrogen (secondary N) is 3. The van der Waals surface area contributed by atoms with Crippen LogP contribution in [0.15, 0.2) is 24.3 Å². The number of amides is 3. The van der Waals surface area contributed by atoms with Gasteiger partial charge >= 0.3 is 6.03 Å². The zero-order valence-electron chi connectivity index (χ0n) is 13.3. The topological polar surface area (TPSA) is 114 Å². The lowest BCUT2D eigenvalue weighted by atomic mass is 10.2. The van der Waals surface area contributed by atoms with E-state index in [1.165, 1.54) is 0 Å². The number of hydrogen-bond donors (Lipinski definition) is 3. The highest BCUT2D eigenvalue weighted by Gasteiger charge is 2.28. The number of carbonyl (C=O) groups excluding carboxylic acids is 2. The number of likely N-dealkylation sites (N-methyl/N-ethyl adjacent to an activating group) is 1. The van der Waals surface area contributed by atoms with E-state index < -0.39 is 6.03 Å². The van der Waals surface area contributed by atoms with E-state index in [1.807, 2.05) is 23.7 Å². The van der Waals surface area contributed by atoms with Crippen LogP contribution in [0.25, 0.3) is 11.4 Å². The Hall–Kier alpha value is -2.97. The number of carbonyl (C=O) groups is 2. The Kier molecular flexibility index (Phi) is 4.69. The average molecular weight is 329 g/mol. The molecule has 1 saturated carbocycles. The van der Waals surface area contributed by atoms with E-state index in [0.717, 1.165) is 24.2 Å². The lowest BCUT2D eigenvalue weighted by Gasteiger charge is -2.08. The standard InChI is InChI=1S/C15H19N7O2/c1-2-16-13(23)9-17-15(24)18-11-5-3-10(4-6-11)14-19-20-21-22(14)12-7-8-12/h3-6,12H,2,7-9H2,1H3,(H,16,23)(H2,17,18,24). The first kappa shape index (κ1) is 15.9. The monoisotopic (exact) mass is 329 g/mol. The van der Waals surface area contributed by atoms with Crippen LogP contribution >= 0.6 is 0 Å². The molecule has 2 aromatic rings. The van der Waals surface area contributed by atoms with Crippen molar-refractivity contribution in [3.63, 3.8) is 0 Å². The van der Waals surface area contributed by atoms with Crippen molar-refractivity contribution in [1.82, 2.24) is 30.8 Å². The molecule has 0 radical (unpaired) electrons. The predicted molar refractivity (Wildman–Crippen MR) is 87.2 cm³/mol. The fraction of sp³-hybridized carbons (Fsp3) is 0.400. The quantitative estimate of drug-likeness (QED) is 0.729. The number of benzene rings is 1. The number of anilines is 1. The summed E-state index contributed by atoms with van der Waals surface area (Å²) >= 11 is 0. The lowest BCUT2D eigenvalue weighted by Crippen LogP contribution is -2.38. The maximum atomic E-state index is 11.7. The normalized spacial score (nSPS) is 13.4. The van der Waals surface area contributed by atoms with E-state index in [2.05, 4.69) is 31.5 Å². The molecule has 24 heavy (non-hydrogen) atoms. The summed E-state index contributed by atoms with van der Waals surface area (Å²) in [6.07, 6.45) is 2.20. The lowest BCUT2D eigenvalue weighted by molar-refractivity contribution is -0.119. The second-order valence-corrected chi connectivity index (χ2v) is 5.52. The van der Waals surface area contributed by atoms with Crippen LogP contribution in [-0.2, 0) is 4.79 Å². The molecule has 9 nitrogen and oxygen atoms in total. The molecule has 0 bridgehead atoms. The molecule has 1 aromatic heterocycles. The zero-order chi connectivity index (χ0) is 16.9. The third-order valence-electron chi connectivity index (χ3n) is 3.57. The molecule has 0 unspecified atom stereocenters. The van der Waals surface area contributed by atoms with Gasteiger partial charge in [0, 0.05) is 17.8 Å². The highest BCUT2D eigenvalue weighted by molar-refractivity contribution is 5.92.